The van der Waals surface area contributed by atoms with E-state index in [0.29, 0.717) is 0 Å². The van der Waals surface area contributed by atoms with Crippen LogP contribution in [0.2, 0.25) is 0 Å². The molecule has 0 radical (unpaired) electrons. The van der Waals surface area contributed by atoms with Crippen molar-refractivity contribution in [3.63, 3.8) is 0 Å². The Morgan fingerprint density at radius 1 is 0.967 bits per heavy atom. The van der Waals surface area contributed by atoms with Crippen LogP contribution < -0.4 is 10.6 Å². The molecule has 0 saturated heterocycles. The molecule has 0 aliphatic rings. The lowest BCUT2D eigenvalue weighted by Crippen LogP contribution is -2.49. The molecule has 0 saturated carbocycles. The topological polar surface area (TPSA) is 148 Å². The Labute approximate surface area is 173 Å². The Hall–Kier alpha value is -3.37. The van der Waals surface area contributed by atoms with Gasteiger partial charge in [0, 0.05) is 18.7 Å². The molecule has 160 valence electrons. The van der Waals surface area contributed by atoms with Gasteiger partial charge in [-0.25, -0.2) is 0 Å². The summed E-state index contributed by atoms with van der Waals surface area (Å²) in [5.74, 6) is -0.655. The van der Waals surface area contributed by atoms with Crippen LogP contribution in [0.25, 0.3) is 0 Å². The van der Waals surface area contributed by atoms with Crippen LogP contribution >= 0.6 is 0 Å². The number of nitrogens with one attached hydrogen (secondary N) is 2. The van der Waals surface area contributed by atoms with Crippen molar-refractivity contribution < 1.29 is 19.7 Å². The third kappa shape index (κ3) is 5.37. The molecule has 1 amide bonds. The zero-order valence-corrected chi connectivity index (χ0v) is 16.6. The van der Waals surface area contributed by atoms with E-state index < -0.39 is 27.8 Å². The number of para-hydroxylation sites is 2. The number of nitrogens with zero attached hydrogens (tertiary/aromatic N) is 2. The number of nitro benzene ring substituents is 2. The van der Waals surface area contributed by atoms with Crippen molar-refractivity contribution in [2.75, 3.05) is 13.2 Å². The maximum absolute atomic E-state index is 12.6. The van der Waals surface area contributed by atoms with Crippen LogP contribution in [0.3, 0.4) is 0 Å². The van der Waals surface area contributed by atoms with Crippen LogP contribution in [0.5, 0.6) is 0 Å². The number of aliphatic hydroxyl groups excluding tert-OH is 1. The second-order valence-electron chi connectivity index (χ2n) is 6.97. The van der Waals surface area contributed by atoms with Gasteiger partial charge in [0.15, 0.2) is 0 Å². The fourth-order valence-corrected chi connectivity index (χ4v) is 3.18. The summed E-state index contributed by atoms with van der Waals surface area (Å²) in [6.07, 6.45) is 0. The predicted octanol–water partition coefficient (Wildman–Crippen LogP) is 2.32. The van der Waals surface area contributed by atoms with Crippen molar-refractivity contribution in [3.8, 4) is 0 Å². The number of carbonyl (C=O) groups is 1. The third-order valence-corrected chi connectivity index (χ3v) is 4.60. The summed E-state index contributed by atoms with van der Waals surface area (Å²) in [4.78, 5) is 34.7. The SMILES string of the molecule is CC(C)[C@H](NC(c1ccccc1[N+](=O)[O-])c1ccccc1[N+](=O)[O-])C(=O)NCCO. The van der Waals surface area contributed by atoms with Gasteiger partial charge in [-0.2, -0.15) is 0 Å². The number of hydrogen-bond acceptors (Lipinski definition) is 7. The molecule has 30 heavy (non-hydrogen) atoms. The average Bonchev–Trinajstić information content (AvgIpc) is 2.72. The van der Waals surface area contributed by atoms with Crippen molar-refractivity contribution in [2.45, 2.75) is 25.9 Å². The first-order chi connectivity index (χ1) is 14.3. The number of rotatable bonds is 10. The summed E-state index contributed by atoms with van der Waals surface area (Å²) in [6, 6.07) is 10.1. The molecule has 0 heterocycles. The maximum Gasteiger partial charge on any atom is 0.274 e. The average molecular weight is 416 g/mol. The Kier molecular flexibility index (Phi) is 7.96. The monoisotopic (exact) mass is 416 g/mol. The quantitative estimate of drug-likeness (QED) is 0.397. The molecule has 0 fully saturated rings. The summed E-state index contributed by atoms with van der Waals surface area (Å²) in [6.45, 7) is 3.37. The molecular weight excluding hydrogens is 392 g/mol. The van der Waals surface area contributed by atoms with Gasteiger partial charge in [-0.15, -0.1) is 0 Å². The standard InChI is InChI=1S/C20H24N4O6/c1-13(2)18(20(26)21-11-12-25)22-19(14-7-3-5-9-16(14)23(27)28)15-8-4-6-10-17(15)24(29)30/h3-10,13,18-19,22,25H,11-12H2,1-2H3,(H,21,26)/t18-/m0/s1. The van der Waals surface area contributed by atoms with Crippen molar-refractivity contribution in [3.05, 3.63) is 79.9 Å². The van der Waals surface area contributed by atoms with E-state index in [1.807, 2.05) is 0 Å². The van der Waals surface area contributed by atoms with Crippen LogP contribution in [0, 0.1) is 26.1 Å². The minimum Gasteiger partial charge on any atom is -0.395 e. The highest BCUT2D eigenvalue weighted by atomic mass is 16.6. The maximum atomic E-state index is 12.6. The minimum atomic E-state index is -0.986. The Balaban J connectivity index is 2.62. The number of amides is 1. The normalized spacial score (nSPS) is 12.0. The van der Waals surface area contributed by atoms with Gasteiger partial charge in [0.1, 0.15) is 0 Å². The van der Waals surface area contributed by atoms with E-state index in [2.05, 4.69) is 10.6 Å². The summed E-state index contributed by atoms with van der Waals surface area (Å²) in [7, 11) is 0. The van der Waals surface area contributed by atoms with Crippen molar-refractivity contribution >= 4 is 17.3 Å². The van der Waals surface area contributed by atoms with Gasteiger partial charge in [0.05, 0.1) is 39.7 Å². The van der Waals surface area contributed by atoms with Crippen LogP contribution in [0.15, 0.2) is 48.5 Å². The molecule has 0 aliphatic carbocycles. The lowest BCUT2D eigenvalue weighted by atomic mass is 9.93. The zero-order chi connectivity index (χ0) is 22.3. The molecule has 0 aliphatic heterocycles. The first kappa shape index (κ1) is 22.9. The van der Waals surface area contributed by atoms with Gasteiger partial charge in [-0.1, -0.05) is 50.2 Å². The largest absolute Gasteiger partial charge is 0.395 e. The van der Waals surface area contributed by atoms with Gasteiger partial charge in [0.2, 0.25) is 5.91 Å². The highest BCUT2D eigenvalue weighted by Crippen LogP contribution is 2.35. The first-order valence-corrected chi connectivity index (χ1v) is 9.39. The summed E-state index contributed by atoms with van der Waals surface area (Å²) < 4.78 is 0. The third-order valence-electron chi connectivity index (χ3n) is 4.60. The molecular formula is C20H24N4O6. The van der Waals surface area contributed by atoms with E-state index in [0.717, 1.165) is 0 Å². The van der Waals surface area contributed by atoms with Gasteiger partial charge >= 0.3 is 0 Å². The molecule has 2 aromatic rings. The number of hydrogen-bond donors (Lipinski definition) is 3. The summed E-state index contributed by atoms with van der Waals surface area (Å²) >= 11 is 0. The van der Waals surface area contributed by atoms with Gasteiger partial charge in [-0.3, -0.25) is 30.3 Å². The molecule has 0 unspecified atom stereocenters. The molecule has 10 nitrogen and oxygen atoms in total. The lowest BCUT2D eigenvalue weighted by molar-refractivity contribution is -0.386. The van der Waals surface area contributed by atoms with Crippen molar-refractivity contribution in [1.29, 1.82) is 0 Å². The summed E-state index contributed by atoms with van der Waals surface area (Å²) in [5.41, 5.74) is -0.0207. The fourth-order valence-electron chi connectivity index (χ4n) is 3.18. The van der Waals surface area contributed by atoms with Crippen molar-refractivity contribution in [2.24, 2.45) is 5.92 Å². The smallest absolute Gasteiger partial charge is 0.274 e. The van der Waals surface area contributed by atoms with Crippen LogP contribution in [-0.2, 0) is 4.79 Å². The van der Waals surface area contributed by atoms with E-state index >= 15 is 0 Å². The van der Waals surface area contributed by atoms with Gasteiger partial charge in [-0.05, 0) is 5.92 Å². The van der Waals surface area contributed by atoms with Crippen molar-refractivity contribution in [1.82, 2.24) is 10.6 Å². The second kappa shape index (κ2) is 10.4. The molecule has 0 aromatic heterocycles. The molecule has 2 rings (SSSR count). The molecule has 1 atom stereocenters. The molecule has 3 N–H and O–H groups in total. The highest BCUT2D eigenvalue weighted by molar-refractivity contribution is 5.82. The van der Waals surface area contributed by atoms with E-state index in [1.54, 1.807) is 26.0 Å². The fraction of sp³-hybridized carbons (Fsp3) is 0.350. The number of benzene rings is 2. The Morgan fingerprint density at radius 3 is 1.83 bits per heavy atom. The molecule has 0 spiro atoms. The second-order valence-corrected chi connectivity index (χ2v) is 6.97. The first-order valence-electron chi connectivity index (χ1n) is 9.39. The number of carbonyl (C=O) groups excluding carboxylic acids is 1. The van der Waals surface area contributed by atoms with Crippen LogP contribution in [0.4, 0.5) is 11.4 Å². The number of aliphatic hydroxyl groups is 1. The molecule has 10 heteroatoms. The van der Waals surface area contributed by atoms with E-state index in [4.69, 9.17) is 5.11 Å². The van der Waals surface area contributed by atoms with Crippen LogP contribution in [0.1, 0.15) is 31.0 Å². The molecule has 0 bridgehead atoms. The van der Waals surface area contributed by atoms with Gasteiger partial charge in [0.25, 0.3) is 11.4 Å². The van der Waals surface area contributed by atoms with Crippen LogP contribution in [-0.4, -0.2) is 40.1 Å². The minimum absolute atomic E-state index is 0.0470. The predicted molar refractivity (Wildman–Crippen MR) is 110 cm³/mol. The Bertz CT molecular complexity index is 860. The molecule has 2 aromatic carbocycles. The Morgan fingerprint density at radius 2 is 1.43 bits per heavy atom. The van der Waals surface area contributed by atoms with E-state index in [-0.39, 0.29) is 41.6 Å². The van der Waals surface area contributed by atoms with E-state index in [1.165, 1.54) is 36.4 Å². The lowest BCUT2D eigenvalue weighted by Gasteiger charge is -2.28. The van der Waals surface area contributed by atoms with E-state index in [9.17, 15) is 25.0 Å². The number of nitro groups is 2. The highest BCUT2D eigenvalue weighted by Gasteiger charge is 2.33. The zero-order valence-electron chi connectivity index (χ0n) is 16.6. The van der Waals surface area contributed by atoms with Gasteiger partial charge < -0.3 is 10.4 Å². The summed E-state index contributed by atoms with van der Waals surface area (Å²) in [5, 5.41) is 37.9.